The van der Waals surface area contributed by atoms with Crippen LogP contribution < -0.4 is 4.84 Å². The van der Waals surface area contributed by atoms with Crippen molar-refractivity contribution >= 4 is 5.84 Å². The van der Waals surface area contributed by atoms with Gasteiger partial charge in [0, 0.05) is 38.4 Å². The highest BCUT2D eigenvalue weighted by Crippen LogP contribution is 2.29. The predicted molar refractivity (Wildman–Crippen MR) is 129 cm³/mol. The fraction of sp³-hybridized carbons (Fsp3) is 0.385. The second-order valence-electron chi connectivity index (χ2n) is 8.00. The number of rotatable bonds is 12. The van der Waals surface area contributed by atoms with E-state index in [4.69, 9.17) is 19.3 Å². The molecule has 0 amide bonds. The average molecular weight is 449 g/mol. The largest absolute Gasteiger partial charge is 0.380 e. The van der Waals surface area contributed by atoms with Crippen molar-refractivity contribution in [2.45, 2.75) is 32.9 Å². The number of fused-ring (bicyclic) bond motifs is 1. The first kappa shape index (κ1) is 23.0. The molecule has 1 aromatic carbocycles. The summed E-state index contributed by atoms with van der Waals surface area (Å²) >= 11 is 0. The van der Waals surface area contributed by atoms with E-state index in [1.165, 1.54) is 5.56 Å². The molecular formula is C26H32N4O3. The van der Waals surface area contributed by atoms with E-state index in [0.29, 0.717) is 26.4 Å². The van der Waals surface area contributed by atoms with Crippen LogP contribution in [0.2, 0.25) is 0 Å². The summed E-state index contributed by atoms with van der Waals surface area (Å²) in [5.74, 6) is 1.56. The SMILES string of the molecule is CCOCC1N=C2C(=CC(C)=CN2Oc2ccccc2)N1CCOCCCc1cccnc1. The van der Waals surface area contributed by atoms with Gasteiger partial charge >= 0.3 is 0 Å². The van der Waals surface area contributed by atoms with Crippen LogP contribution in [0.4, 0.5) is 0 Å². The van der Waals surface area contributed by atoms with Gasteiger partial charge in [0.05, 0.1) is 18.9 Å². The minimum Gasteiger partial charge on any atom is -0.380 e. The van der Waals surface area contributed by atoms with E-state index in [9.17, 15) is 0 Å². The first-order chi connectivity index (χ1) is 16.2. The van der Waals surface area contributed by atoms with Crippen LogP contribution in [-0.2, 0) is 15.9 Å². The van der Waals surface area contributed by atoms with Crippen molar-refractivity contribution in [2.24, 2.45) is 4.99 Å². The molecule has 0 saturated carbocycles. The summed E-state index contributed by atoms with van der Waals surface area (Å²) in [4.78, 5) is 17.5. The molecule has 33 heavy (non-hydrogen) atoms. The van der Waals surface area contributed by atoms with Crippen LogP contribution in [0.3, 0.4) is 0 Å². The molecule has 2 aromatic rings. The van der Waals surface area contributed by atoms with Crippen molar-refractivity contribution in [1.29, 1.82) is 0 Å². The highest BCUT2D eigenvalue weighted by molar-refractivity contribution is 6.01. The van der Waals surface area contributed by atoms with Gasteiger partial charge in [-0.2, -0.15) is 5.06 Å². The molecule has 1 atom stereocenters. The summed E-state index contributed by atoms with van der Waals surface area (Å²) in [7, 11) is 0. The number of benzene rings is 1. The number of hydroxylamine groups is 2. The van der Waals surface area contributed by atoms with E-state index in [1.807, 2.05) is 55.7 Å². The maximum absolute atomic E-state index is 6.12. The molecule has 0 aliphatic carbocycles. The van der Waals surface area contributed by atoms with Crippen LogP contribution >= 0.6 is 0 Å². The van der Waals surface area contributed by atoms with Crippen molar-refractivity contribution in [1.82, 2.24) is 14.9 Å². The third-order valence-electron chi connectivity index (χ3n) is 5.44. The van der Waals surface area contributed by atoms with Crippen molar-refractivity contribution in [3.8, 4) is 5.75 Å². The standard InChI is InChI=1S/C26H32N4O3/c1-3-31-20-25-28-26-24(17-21(2)19-30(26)33-23-11-5-4-6-12-23)29(25)14-16-32-15-8-10-22-9-7-13-27-18-22/h4-7,9,11-13,17-19,25H,3,8,10,14-16,20H2,1-2H3. The number of aromatic nitrogens is 1. The van der Waals surface area contributed by atoms with Gasteiger partial charge in [0.15, 0.2) is 11.6 Å². The molecule has 0 radical (unpaired) electrons. The molecule has 0 bridgehead atoms. The molecule has 0 N–H and O–H groups in total. The van der Waals surface area contributed by atoms with Crippen LogP contribution in [0.15, 0.2) is 83.4 Å². The molecule has 2 aliphatic rings. The minimum atomic E-state index is -0.105. The Balaban J connectivity index is 1.35. The van der Waals surface area contributed by atoms with Gasteiger partial charge in [-0.3, -0.25) is 4.98 Å². The zero-order chi connectivity index (χ0) is 22.9. The van der Waals surface area contributed by atoms with Gasteiger partial charge in [0.25, 0.3) is 0 Å². The van der Waals surface area contributed by atoms with E-state index in [0.717, 1.165) is 42.2 Å². The molecule has 1 aromatic heterocycles. The number of hydrogen-bond acceptors (Lipinski definition) is 7. The maximum Gasteiger partial charge on any atom is 0.189 e. The lowest BCUT2D eigenvalue weighted by Crippen LogP contribution is -2.39. The second kappa shape index (κ2) is 11.6. The molecule has 0 saturated heterocycles. The Bertz CT molecular complexity index is 976. The van der Waals surface area contributed by atoms with Gasteiger partial charge in [-0.15, -0.1) is 0 Å². The number of nitrogens with zero attached hydrogens (tertiary/aromatic N) is 4. The van der Waals surface area contributed by atoms with E-state index in [2.05, 4.69) is 29.0 Å². The van der Waals surface area contributed by atoms with Crippen molar-refractivity contribution in [2.75, 3.05) is 33.0 Å². The van der Waals surface area contributed by atoms with Gasteiger partial charge in [-0.25, -0.2) is 4.99 Å². The Hall–Kier alpha value is -3.16. The number of ether oxygens (including phenoxy) is 2. The summed E-state index contributed by atoms with van der Waals surface area (Å²) in [6, 6.07) is 13.8. The molecule has 7 nitrogen and oxygen atoms in total. The van der Waals surface area contributed by atoms with Crippen LogP contribution in [-0.4, -0.2) is 59.9 Å². The summed E-state index contributed by atoms with van der Waals surface area (Å²) in [5.41, 5.74) is 3.37. The van der Waals surface area contributed by atoms with Gasteiger partial charge in [-0.05, 0) is 62.1 Å². The van der Waals surface area contributed by atoms with Gasteiger partial charge in [-0.1, -0.05) is 24.3 Å². The molecule has 1 unspecified atom stereocenters. The fourth-order valence-electron chi connectivity index (χ4n) is 3.86. The Morgan fingerprint density at radius 2 is 1.91 bits per heavy atom. The van der Waals surface area contributed by atoms with Crippen LogP contribution in [0.5, 0.6) is 5.75 Å². The lowest BCUT2D eigenvalue weighted by molar-refractivity contribution is 0.0646. The number of para-hydroxylation sites is 1. The maximum atomic E-state index is 6.12. The van der Waals surface area contributed by atoms with E-state index in [-0.39, 0.29) is 6.17 Å². The van der Waals surface area contributed by atoms with E-state index in [1.54, 1.807) is 11.3 Å². The number of allylic oxidation sites excluding steroid dienone is 2. The topological polar surface area (TPSA) is 59.4 Å². The number of hydrogen-bond donors (Lipinski definition) is 0. The first-order valence-corrected chi connectivity index (χ1v) is 11.6. The molecule has 0 spiro atoms. The Morgan fingerprint density at radius 3 is 2.70 bits per heavy atom. The molecular weight excluding hydrogens is 416 g/mol. The lowest BCUT2D eigenvalue weighted by Gasteiger charge is -2.30. The highest BCUT2D eigenvalue weighted by atomic mass is 16.7. The van der Waals surface area contributed by atoms with Crippen molar-refractivity contribution in [3.05, 3.63) is 84.0 Å². The van der Waals surface area contributed by atoms with Crippen molar-refractivity contribution < 1.29 is 14.3 Å². The smallest absolute Gasteiger partial charge is 0.189 e. The highest BCUT2D eigenvalue weighted by Gasteiger charge is 2.36. The number of aliphatic imine (C=N–C) groups is 1. The summed E-state index contributed by atoms with van der Waals surface area (Å²) in [6.07, 6.45) is 9.66. The average Bonchev–Trinajstić information content (AvgIpc) is 3.18. The monoisotopic (exact) mass is 448 g/mol. The van der Waals surface area contributed by atoms with Gasteiger partial charge in [0.1, 0.15) is 6.17 Å². The molecule has 0 fully saturated rings. The minimum absolute atomic E-state index is 0.105. The lowest BCUT2D eigenvalue weighted by atomic mass is 10.2. The van der Waals surface area contributed by atoms with E-state index >= 15 is 0 Å². The molecule has 3 heterocycles. The predicted octanol–water partition coefficient (Wildman–Crippen LogP) is 4.20. The fourth-order valence-corrected chi connectivity index (χ4v) is 3.86. The third kappa shape index (κ3) is 6.21. The Kier molecular flexibility index (Phi) is 8.11. The number of aryl methyl sites for hydroxylation is 1. The normalized spacial score (nSPS) is 17.4. The zero-order valence-corrected chi connectivity index (χ0v) is 19.4. The van der Waals surface area contributed by atoms with Crippen LogP contribution in [0.1, 0.15) is 25.8 Å². The van der Waals surface area contributed by atoms with Gasteiger partial charge in [0.2, 0.25) is 0 Å². The summed E-state index contributed by atoms with van der Waals surface area (Å²) in [6.45, 7) is 7.31. The van der Waals surface area contributed by atoms with Crippen LogP contribution in [0.25, 0.3) is 0 Å². The molecule has 174 valence electrons. The Morgan fingerprint density at radius 1 is 1.03 bits per heavy atom. The summed E-state index contributed by atoms with van der Waals surface area (Å²) < 4.78 is 11.7. The molecule has 7 heteroatoms. The van der Waals surface area contributed by atoms with Gasteiger partial charge < -0.3 is 19.2 Å². The number of amidine groups is 1. The third-order valence-corrected chi connectivity index (χ3v) is 5.44. The molecule has 2 aliphatic heterocycles. The molecule has 4 rings (SSSR count). The summed E-state index contributed by atoms with van der Waals surface area (Å²) in [5, 5.41) is 1.76. The first-order valence-electron chi connectivity index (χ1n) is 11.6. The van der Waals surface area contributed by atoms with E-state index < -0.39 is 0 Å². The Labute approximate surface area is 196 Å². The zero-order valence-electron chi connectivity index (χ0n) is 19.4. The van der Waals surface area contributed by atoms with Crippen molar-refractivity contribution in [3.63, 3.8) is 0 Å². The quantitative estimate of drug-likeness (QED) is 0.454. The second-order valence-corrected chi connectivity index (χ2v) is 8.00. The van der Waals surface area contributed by atoms with Crippen LogP contribution in [0, 0.1) is 0 Å². The number of pyridine rings is 1.